The van der Waals surface area contributed by atoms with Gasteiger partial charge >= 0.3 is 0 Å². The van der Waals surface area contributed by atoms with E-state index in [4.69, 9.17) is 4.74 Å². The number of allylic oxidation sites excluding steroid dienone is 1. The van der Waals surface area contributed by atoms with Gasteiger partial charge in [0.2, 0.25) is 5.88 Å². The maximum atomic E-state index is 10.7. The largest absolute Gasteiger partial charge is 0.481 e. The predicted molar refractivity (Wildman–Crippen MR) is 55.2 cm³/mol. The van der Waals surface area contributed by atoms with Crippen molar-refractivity contribution in [1.82, 2.24) is 4.98 Å². The number of hydrogen-bond donors (Lipinski definition) is 0. The lowest BCUT2D eigenvalue weighted by Crippen LogP contribution is -1.91. The fraction of sp³-hybridized carbons (Fsp3) is 0.273. The quantitative estimate of drug-likeness (QED) is 0.686. The molecule has 0 unspecified atom stereocenters. The number of aromatic nitrogens is 1. The molecule has 1 rings (SSSR count). The molecular weight excluding hydrogens is 178 g/mol. The van der Waals surface area contributed by atoms with Crippen LogP contribution >= 0.6 is 0 Å². The molecule has 0 aliphatic rings. The maximum absolute atomic E-state index is 10.7. The second kappa shape index (κ2) is 4.56. The van der Waals surface area contributed by atoms with Crippen LogP contribution in [0.2, 0.25) is 0 Å². The summed E-state index contributed by atoms with van der Waals surface area (Å²) in [5.74, 6) is 0.589. The topological polar surface area (TPSA) is 39.2 Å². The Bertz CT molecular complexity index is 370. The third-order valence-electron chi connectivity index (χ3n) is 1.67. The van der Waals surface area contributed by atoms with Gasteiger partial charge in [-0.2, -0.15) is 0 Å². The first-order valence-corrected chi connectivity index (χ1v) is 4.33. The highest BCUT2D eigenvalue weighted by atomic mass is 16.5. The van der Waals surface area contributed by atoms with Gasteiger partial charge in [0, 0.05) is 11.8 Å². The number of pyridine rings is 1. The van der Waals surface area contributed by atoms with Gasteiger partial charge < -0.3 is 4.74 Å². The molecule has 0 saturated carbocycles. The van der Waals surface area contributed by atoms with Crippen molar-refractivity contribution in [3.8, 4) is 5.88 Å². The van der Waals surface area contributed by atoms with E-state index in [9.17, 15) is 4.79 Å². The molecule has 0 saturated heterocycles. The third kappa shape index (κ3) is 3.01. The molecular formula is C11H13NO2. The Morgan fingerprint density at radius 3 is 2.79 bits per heavy atom. The molecule has 0 fully saturated rings. The SMILES string of the molecule is COc1cc(/C=C/C(C)=O)cc(C)n1. The first-order valence-electron chi connectivity index (χ1n) is 4.33. The average molecular weight is 191 g/mol. The van der Waals surface area contributed by atoms with Crippen LogP contribution in [-0.4, -0.2) is 17.9 Å². The number of rotatable bonds is 3. The van der Waals surface area contributed by atoms with Crippen molar-refractivity contribution in [3.05, 3.63) is 29.5 Å². The number of carbonyl (C=O) groups excluding carboxylic acids is 1. The molecule has 0 spiro atoms. The summed E-state index contributed by atoms with van der Waals surface area (Å²) in [6, 6.07) is 3.68. The molecule has 0 aliphatic carbocycles. The van der Waals surface area contributed by atoms with Gasteiger partial charge in [0.1, 0.15) is 0 Å². The molecule has 0 bridgehead atoms. The minimum absolute atomic E-state index is 0.0263. The van der Waals surface area contributed by atoms with Gasteiger partial charge in [-0.15, -0.1) is 0 Å². The van der Waals surface area contributed by atoms with Crippen LogP contribution in [0.1, 0.15) is 18.2 Å². The van der Waals surface area contributed by atoms with Gasteiger partial charge in [0.05, 0.1) is 7.11 Å². The van der Waals surface area contributed by atoms with E-state index >= 15 is 0 Å². The number of ether oxygens (including phenoxy) is 1. The molecule has 0 N–H and O–H groups in total. The van der Waals surface area contributed by atoms with Gasteiger partial charge in [-0.25, -0.2) is 4.98 Å². The van der Waals surface area contributed by atoms with E-state index in [1.54, 1.807) is 19.3 Å². The van der Waals surface area contributed by atoms with Crippen molar-refractivity contribution in [2.24, 2.45) is 0 Å². The average Bonchev–Trinajstić information content (AvgIpc) is 2.14. The molecule has 74 valence electrons. The van der Waals surface area contributed by atoms with Crippen molar-refractivity contribution >= 4 is 11.9 Å². The molecule has 0 aromatic carbocycles. The van der Waals surface area contributed by atoms with Crippen molar-refractivity contribution in [2.45, 2.75) is 13.8 Å². The second-order valence-electron chi connectivity index (χ2n) is 3.03. The predicted octanol–water partition coefficient (Wildman–Crippen LogP) is 2.00. The molecule has 14 heavy (non-hydrogen) atoms. The Hall–Kier alpha value is -1.64. The van der Waals surface area contributed by atoms with Gasteiger partial charge in [0.15, 0.2) is 5.78 Å². The lowest BCUT2D eigenvalue weighted by Gasteiger charge is -2.01. The minimum atomic E-state index is 0.0263. The van der Waals surface area contributed by atoms with Crippen molar-refractivity contribution < 1.29 is 9.53 Å². The Balaban J connectivity index is 2.97. The van der Waals surface area contributed by atoms with Crippen LogP contribution in [0.15, 0.2) is 18.2 Å². The number of hydrogen-bond acceptors (Lipinski definition) is 3. The fourth-order valence-corrected chi connectivity index (χ4v) is 1.08. The van der Waals surface area contributed by atoms with Crippen molar-refractivity contribution in [2.75, 3.05) is 7.11 Å². The van der Waals surface area contributed by atoms with Crippen LogP contribution < -0.4 is 4.74 Å². The standard InChI is InChI=1S/C11H13NO2/c1-8-6-10(5-4-9(2)13)7-11(12-8)14-3/h4-7H,1-3H3/b5-4+. The molecule has 1 aromatic heterocycles. The number of ketones is 1. The molecule has 1 aromatic rings. The highest BCUT2D eigenvalue weighted by Crippen LogP contribution is 2.12. The summed E-state index contributed by atoms with van der Waals surface area (Å²) in [6.07, 6.45) is 3.27. The summed E-state index contributed by atoms with van der Waals surface area (Å²) in [6.45, 7) is 3.40. The molecule has 0 amide bonds. The Morgan fingerprint density at radius 1 is 1.50 bits per heavy atom. The number of carbonyl (C=O) groups is 1. The molecule has 0 radical (unpaired) electrons. The van der Waals surface area contributed by atoms with Gasteiger partial charge in [0.25, 0.3) is 0 Å². The summed E-state index contributed by atoms with van der Waals surface area (Å²) in [7, 11) is 1.57. The van der Waals surface area contributed by atoms with Gasteiger partial charge in [-0.1, -0.05) is 6.08 Å². The minimum Gasteiger partial charge on any atom is -0.481 e. The first kappa shape index (κ1) is 10.4. The smallest absolute Gasteiger partial charge is 0.213 e. The summed E-state index contributed by atoms with van der Waals surface area (Å²) in [4.78, 5) is 14.9. The molecule has 0 aliphatic heterocycles. The van der Waals surface area contributed by atoms with Gasteiger partial charge in [-0.05, 0) is 31.6 Å². The molecule has 3 nitrogen and oxygen atoms in total. The zero-order chi connectivity index (χ0) is 10.6. The van der Waals surface area contributed by atoms with Crippen LogP contribution in [0.4, 0.5) is 0 Å². The van der Waals surface area contributed by atoms with E-state index in [-0.39, 0.29) is 5.78 Å². The van der Waals surface area contributed by atoms with Crippen LogP contribution in [0.25, 0.3) is 6.08 Å². The van der Waals surface area contributed by atoms with E-state index in [1.807, 2.05) is 13.0 Å². The fourth-order valence-electron chi connectivity index (χ4n) is 1.08. The van der Waals surface area contributed by atoms with E-state index in [2.05, 4.69) is 4.98 Å². The third-order valence-corrected chi connectivity index (χ3v) is 1.67. The lowest BCUT2D eigenvalue weighted by atomic mass is 10.2. The summed E-state index contributed by atoms with van der Waals surface area (Å²) < 4.78 is 5.01. The highest BCUT2D eigenvalue weighted by molar-refractivity contribution is 5.91. The van der Waals surface area contributed by atoms with Gasteiger partial charge in [-0.3, -0.25) is 4.79 Å². The van der Waals surface area contributed by atoms with Crippen LogP contribution in [0.3, 0.4) is 0 Å². The highest BCUT2D eigenvalue weighted by Gasteiger charge is 1.97. The number of nitrogens with zero attached hydrogens (tertiary/aromatic N) is 1. The zero-order valence-corrected chi connectivity index (χ0v) is 8.57. The number of methoxy groups -OCH3 is 1. The molecule has 3 heteroatoms. The van der Waals surface area contributed by atoms with Crippen LogP contribution in [0, 0.1) is 6.92 Å². The molecule has 1 heterocycles. The van der Waals surface area contributed by atoms with E-state index < -0.39 is 0 Å². The van der Waals surface area contributed by atoms with Crippen LogP contribution in [-0.2, 0) is 4.79 Å². The van der Waals surface area contributed by atoms with E-state index in [0.29, 0.717) is 5.88 Å². The van der Waals surface area contributed by atoms with E-state index in [0.717, 1.165) is 11.3 Å². The molecule has 0 atom stereocenters. The van der Waals surface area contributed by atoms with Crippen molar-refractivity contribution in [1.29, 1.82) is 0 Å². The number of aryl methyl sites for hydroxylation is 1. The van der Waals surface area contributed by atoms with Crippen LogP contribution in [0.5, 0.6) is 5.88 Å². The first-order chi connectivity index (χ1) is 6.61. The monoisotopic (exact) mass is 191 g/mol. The second-order valence-corrected chi connectivity index (χ2v) is 3.03. The summed E-state index contributed by atoms with van der Waals surface area (Å²) in [5, 5.41) is 0. The zero-order valence-electron chi connectivity index (χ0n) is 8.57. The summed E-state index contributed by atoms with van der Waals surface area (Å²) in [5.41, 5.74) is 1.79. The van der Waals surface area contributed by atoms with E-state index in [1.165, 1.54) is 13.0 Å². The summed E-state index contributed by atoms with van der Waals surface area (Å²) >= 11 is 0. The Labute approximate surface area is 83.4 Å². The maximum Gasteiger partial charge on any atom is 0.213 e. The Morgan fingerprint density at radius 2 is 2.21 bits per heavy atom. The van der Waals surface area contributed by atoms with Crippen molar-refractivity contribution in [3.63, 3.8) is 0 Å². The Kier molecular flexibility index (Phi) is 3.40. The normalized spacial score (nSPS) is 10.5. The lowest BCUT2D eigenvalue weighted by molar-refractivity contribution is -0.112.